The van der Waals surface area contributed by atoms with Gasteiger partial charge in [-0.3, -0.25) is 0 Å². The SMILES string of the molecule is COc1cccc(C(=O)OOC(=O)OC2CCC(CC3CCC(OC(=O)OOC(=O)c4cccc(OC)c4)CC3)CC2)c1. The zero-order chi connectivity index (χ0) is 30.6. The fraction of sp³-hybridized carbons (Fsp3) is 0.484. The standard InChI is InChI=1S/C31H36O12/c1-36-26-7-3-5-22(18-26)28(32)40-42-30(34)38-24-13-9-20(10-14-24)17-21-11-15-25(16-12-21)39-31(35)43-41-29(33)23-6-4-8-27(19-23)37-2/h3-8,18-21,24-25H,9-17H2,1-2H3. The van der Waals surface area contributed by atoms with Crippen LogP contribution in [0.5, 0.6) is 11.5 Å². The van der Waals surface area contributed by atoms with Crippen LogP contribution in [0.3, 0.4) is 0 Å². The number of carbonyl (C=O) groups is 4. The number of benzene rings is 2. The number of hydrogen-bond acceptors (Lipinski definition) is 12. The van der Waals surface area contributed by atoms with Crippen molar-refractivity contribution in [1.29, 1.82) is 0 Å². The van der Waals surface area contributed by atoms with Gasteiger partial charge in [0.15, 0.2) is 0 Å². The molecule has 232 valence electrons. The van der Waals surface area contributed by atoms with Crippen LogP contribution >= 0.6 is 0 Å². The van der Waals surface area contributed by atoms with E-state index in [9.17, 15) is 19.2 Å². The molecule has 0 saturated heterocycles. The fourth-order valence-corrected chi connectivity index (χ4v) is 5.49. The Balaban J connectivity index is 1.07. The highest BCUT2D eigenvalue weighted by molar-refractivity contribution is 5.90. The second kappa shape index (κ2) is 15.7. The van der Waals surface area contributed by atoms with E-state index in [1.165, 1.54) is 38.5 Å². The minimum atomic E-state index is -1.05. The lowest BCUT2D eigenvalue weighted by Crippen LogP contribution is -2.28. The molecule has 0 radical (unpaired) electrons. The maximum Gasteiger partial charge on any atom is 0.550 e. The Morgan fingerprint density at radius 2 is 0.977 bits per heavy atom. The van der Waals surface area contributed by atoms with Gasteiger partial charge in [0.05, 0.1) is 25.3 Å². The van der Waals surface area contributed by atoms with Crippen molar-refractivity contribution in [3.05, 3.63) is 59.7 Å². The van der Waals surface area contributed by atoms with Gasteiger partial charge in [-0.05, 0) is 106 Å². The molecule has 2 aromatic carbocycles. The van der Waals surface area contributed by atoms with Gasteiger partial charge in [-0.25, -0.2) is 29.1 Å². The molecule has 0 bridgehead atoms. The third kappa shape index (κ3) is 9.79. The Hall–Kier alpha value is -4.48. The highest BCUT2D eigenvalue weighted by Crippen LogP contribution is 2.37. The summed E-state index contributed by atoms with van der Waals surface area (Å²) >= 11 is 0. The average Bonchev–Trinajstić information content (AvgIpc) is 3.04. The summed E-state index contributed by atoms with van der Waals surface area (Å²) in [5.74, 6) is 0.298. The summed E-state index contributed by atoms with van der Waals surface area (Å²) in [6.07, 6.45) is 4.76. The Morgan fingerprint density at radius 3 is 1.35 bits per heavy atom. The Bertz CT molecular complexity index is 1150. The third-order valence-corrected chi connectivity index (χ3v) is 7.76. The molecule has 0 aliphatic heterocycles. The topological polar surface area (TPSA) is 142 Å². The van der Waals surface area contributed by atoms with E-state index >= 15 is 0 Å². The fourth-order valence-electron chi connectivity index (χ4n) is 5.49. The van der Waals surface area contributed by atoms with Crippen LogP contribution < -0.4 is 9.47 Å². The largest absolute Gasteiger partial charge is 0.550 e. The molecule has 0 heterocycles. The molecule has 0 spiro atoms. The van der Waals surface area contributed by atoms with E-state index in [1.807, 2.05) is 0 Å². The maximum atomic E-state index is 12.1. The summed E-state index contributed by atoms with van der Waals surface area (Å²) in [5.41, 5.74) is 0.360. The van der Waals surface area contributed by atoms with E-state index in [2.05, 4.69) is 19.6 Å². The molecule has 0 amide bonds. The van der Waals surface area contributed by atoms with Crippen molar-refractivity contribution in [2.45, 2.75) is 70.0 Å². The van der Waals surface area contributed by atoms with Gasteiger partial charge in [0.1, 0.15) is 23.7 Å². The minimum Gasteiger partial charge on any atom is -0.497 e. The van der Waals surface area contributed by atoms with Crippen molar-refractivity contribution >= 4 is 24.2 Å². The molecule has 0 aromatic heterocycles. The van der Waals surface area contributed by atoms with Crippen molar-refractivity contribution in [3.63, 3.8) is 0 Å². The first kappa shape index (κ1) is 31.5. The summed E-state index contributed by atoms with van der Waals surface area (Å²) in [7, 11) is 2.95. The smallest absolute Gasteiger partial charge is 0.497 e. The molecular weight excluding hydrogens is 564 g/mol. The lowest BCUT2D eigenvalue weighted by molar-refractivity contribution is -0.208. The molecule has 2 aliphatic rings. The molecule has 2 aromatic rings. The second-order valence-corrected chi connectivity index (χ2v) is 10.6. The molecule has 43 heavy (non-hydrogen) atoms. The third-order valence-electron chi connectivity index (χ3n) is 7.76. The number of carbonyl (C=O) groups excluding carboxylic acids is 4. The highest BCUT2D eigenvalue weighted by atomic mass is 17.2. The summed E-state index contributed by atoms with van der Waals surface area (Å²) in [5, 5.41) is 0. The first-order chi connectivity index (χ1) is 20.8. The van der Waals surface area contributed by atoms with E-state index in [0.717, 1.165) is 32.1 Å². The Labute approximate surface area is 249 Å². The van der Waals surface area contributed by atoms with E-state index < -0.39 is 24.2 Å². The lowest BCUT2D eigenvalue weighted by Gasteiger charge is -2.33. The molecule has 2 fully saturated rings. The van der Waals surface area contributed by atoms with Gasteiger partial charge in [0.2, 0.25) is 0 Å². The molecule has 0 atom stereocenters. The van der Waals surface area contributed by atoms with Crippen LogP contribution in [0.4, 0.5) is 9.59 Å². The molecule has 0 unspecified atom stereocenters. The number of hydrogen-bond donors (Lipinski definition) is 0. The van der Waals surface area contributed by atoms with E-state index in [-0.39, 0.29) is 23.3 Å². The first-order valence-corrected chi connectivity index (χ1v) is 14.3. The second-order valence-electron chi connectivity index (χ2n) is 10.6. The lowest BCUT2D eigenvalue weighted by atomic mass is 9.76. The van der Waals surface area contributed by atoms with Gasteiger partial charge in [-0.2, -0.15) is 9.59 Å². The molecular formula is C31H36O12. The van der Waals surface area contributed by atoms with Crippen molar-refractivity contribution in [2.75, 3.05) is 14.2 Å². The van der Waals surface area contributed by atoms with Crippen LogP contribution in [0, 0.1) is 11.8 Å². The summed E-state index contributed by atoms with van der Waals surface area (Å²) in [6.45, 7) is 0. The van der Waals surface area contributed by atoms with Crippen LogP contribution in [0.15, 0.2) is 48.5 Å². The molecule has 4 rings (SSSR count). The van der Waals surface area contributed by atoms with E-state index in [4.69, 9.17) is 18.9 Å². The predicted molar refractivity (Wildman–Crippen MR) is 148 cm³/mol. The molecule has 12 nitrogen and oxygen atoms in total. The van der Waals surface area contributed by atoms with Gasteiger partial charge < -0.3 is 18.9 Å². The van der Waals surface area contributed by atoms with Crippen LogP contribution in [0.25, 0.3) is 0 Å². The van der Waals surface area contributed by atoms with Crippen LogP contribution in [-0.2, 0) is 29.0 Å². The van der Waals surface area contributed by atoms with Crippen molar-refractivity contribution in [3.8, 4) is 11.5 Å². The van der Waals surface area contributed by atoms with Gasteiger partial charge in [-0.15, -0.1) is 0 Å². The minimum absolute atomic E-state index is 0.180. The van der Waals surface area contributed by atoms with Gasteiger partial charge >= 0.3 is 24.2 Å². The number of ether oxygens (including phenoxy) is 4. The van der Waals surface area contributed by atoms with Crippen LogP contribution in [0.1, 0.15) is 78.5 Å². The van der Waals surface area contributed by atoms with Gasteiger partial charge in [0.25, 0.3) is 0 Å². The van der Waals surface area contributed by atoms with Crippen molar-refractivity contribution in [1.82, 2.24) is 0 Å². The van der Waals surface area contributed by atoms with Crippen molar-refractivity contribution < 1.29 is 57.7 Å². The quantitative estimate of drug-likeness (QED) is 0.189. The zero-order valence-corrected chi connectivity index (χ0v) is 24.2. The summed E-state index contributed by atoms with van der Waals surface area (Å²) in [6, 6.07) is 12.6. The molecule has 12 heteroatoms. The van der Waals surface area contributed by atoms with Crippen molar-refractivity contribution in [2.24, 2.45) is 11.8 Å². The van der Waals surface area contributed by atoms with E-state index in [0.29, 0.717) is 49.0 Å². The maximum absolute atomic E-state index is 12.1. The summed E-state index contributed by atoms with van der Waals surface area (Å²) in [4.78, 5) is 66.5. The number of rotatable bonds is 8. The van der Waals surface area contributed by atoms with Crippen LogP contribution in [-0.4, -0.2) is 50.7 Å². The monoisotopic (exact) mass is 600 g/mol. The average molecular weight is 601 g/mol. The predicted octanol–water partition coefficient (Wildman–Crippen LogP) is 6.36. The molecule has 2 aliphatic carbocycles. The Morgan fingerprint density at radius 1 is 0.581 bits per heavy atom. The molecule has 2 saturated carbocycles. The van der Waals surface area contributed by atoms with Gasteiger partial charge in [-0.1, -0.05) is 12.1 Å². The Kier molecular flexibility index (Phi) is 11.5. The molecule has 0 N–H and O–H groups in total. The number of methoxy groups -OCH3 is 2. The first-order valence-electron chi connectivity index (χ1n) is 14.3. The summed E-state index contributed by atoms with van der Waals surface area (Å²) < 4.78 is 20.8. The highest BCUT2D eigenvalue weighted by Gasteiger charge is 2.30. The van der Waals surface area contributed by atoms with E-state index in [1.54, 1.807) is 24.3 Å². The normalized spacial score (nSPS) is 21.4. The zero-order valence-electron chi connectivity index (χ0n) is 24.2. The van der Waals surface area contributed by atoms with Crippen LogP contribution in [0.2, 0.25) is 0 Å². The van der Waals surface area contributed by atoms with Gasteiger partial charge in [0, 0.05) is 0 Å².